The molecule has 0 aliphatic heterocycles. The highest BCUT2D eigenvalue weighted by Crippen LogP contribution is 2.18. The summed E-state index contributed by atoms with van der Waals surface area (Å²) in [7, 11) is -1.51. The van der Waals surface area contributed by atoms with Crippen molar-refractivity contribution in [1.29, 1.82) is 0 Å². The molecule has 0 saturated carbocycles. The molecule has 0 amide bonds. The standard InChI is InChI=1S/C18H32N4O3S/c1-5-19-18(20-13-10-14-22(4)26(23,24)7-3)21-15-16-11-8-9-12-17(16)25-6-2/h8-9,11-12H,5-7,10,13-15H2,1-4H3,(H2,19,20,21). The molecule has 0 heterocycles. The second kappa shape index (κ2) is 11.7. The normalized spacial score (nSPS) is 12.3. The number of ether oxygens (including phenoxy) is 1. The summed E-state index contributed by atoms with van der Waals surface area (Å²) in [6.45, 7) is 8.62. The van der Waals surface area contributed by atoms with Crippen LogP contribution in [0.2, 0.25) is 0 Å². The zero-order chi connectivity index (χ0) is 19.4. The molecule has 0 spiro atoms. The first-order valence-corrected chi connectivity index (χ1v) is 10.7. The van der Waals surface area contributed by atoms with Gasteiger partial charge in [-0.1, -0.05) is 18.2 Å². The maximum absolute atomic E-state index is 11.7. The van der Waals surface area contributed by atoms with Crippen LogP contribution < -0.4 is 15.4 Å². The summed E-state index contributed by atoms with van der Waals surface area (Å²) in [5.74, 6) is 1.68. The van der Waals surface area contributed by atoms with Crippen LogP contribution in [-0.2, 0) is 16.6 Å². The highest BCUT2D eigenvalue weighted by atomic mass is 32.2. The first-order valence-electron chi connectivity index (χ1n) is 9.11. The first kappa shape index (κ1) is 22.2. The zero-order valence-corrected chi connectivity index (χ0v) is 17.1. The zero-order valence-electron chi connectivity index (χ0n) is 16.3. The Morgan fingerprint density at radius 1 is 1.19 bits per heavy atom. The predicted molar refractivity (Wildman–Crippen MR) is 107 cm³/mol. The minimum absolute atomic E-state index is 0.125. The maximum atomic E-state index is 11.7. The van der Waals surface area contributed by atoms with E-state index in [4.69, 9.17) is 4.74 Å². The average Bonchev–Trinajstić information content (AvgIpc) is 2.64. The number of hydrogen-bond acceptors (Lipinski definition) is 4. The number of hydrogen-bond donors (Lipinski definition) is 2. The van der Waals surface area contributed by atoms with E-state index in [0.29, 0.717) is 38.6 Å². The van der Waals surface area contributed by atoms with Crippen molar-refractivity contribution >= 4 is 16.0 Å². The van der Waals surface area contributed by atoms with E-state index in [2.05, 4.69) is 15.6 Å². The molecule has 0 aliphatic carbocycles. The van der Waals surface area contributed by atoms with E-state index in [1.165, 1.54) is 4.31 Å². The highest BCUT2D eigenvalue weighted by molar-refractivity contribution is 7.89. The molecule has 1 aromatic rings. The van der Waals surface area contributed by atoms with Crippen LogP contribution in [0.1, 0.15) is 32.8 Å². The lowest BCUT2D eigenvalue weighted by molar-refractivity contribution is 0.336. The number of aliphatic imine (C=N–C) groups is 1. The monoisotopic (exact) mass is 384 g/mol. The van der Waals surface area contributed by atoms with Crippen molar-refractivity contribution in [3.05, 3.63) is 29.8 Å². The minimum atomic E-state index is -3.12. The fourth-order valence-corrected chi connectivity index (χ4v) is 3.15. The third-order valence-corrected chi connectivity index (χ3v) is 5.67. The van der Waals surface area contributed by atoms with Crippen LogP contribution in [0, 0.1) is 0 Å². The topological polar surface area (TPSA) is 83.0 Å². The Kier molecular flexibility index (Phi) is 10.0. The Balaban J connectivity index is 2.57. The van der Waals surface area contributed by atoms with Gasteiger partial charge in [0.15, 0.2) is 5.96 Å². The Hall–Kier alpha value is -1.80. The van der Waals surface area contributed by atoms with E-state index >= 15 is 0 Å². The summed E-state index contributed by atoms with van der Waals surface area (Å²) in [5.41, 5.74) is 1.03. The number of nitrogens with zero attached hydrogens (tertiary/aromatic N) is 2. The molecular formula is C18H32N4O3S. The lowest BCUT2D eigenvalue weighted by atomic mass is 10.2. The summed E-state index contributed by atoms with van der Waals surface area (Å²) >= 11 is 0. The molecule has 0 aromatic heterocycles. The molecule has 0 aliphatic rings. The Morgan fingerprint density at radius 2 is 1.92 bits per heavy atom. The summed E-state index contributed by atoms with van der Waals surface area (Å²) in [5, 5.41) is 6.44. The first-order chi connectivity index (χ1) is 12.4. The van der Waals surface area contributed by atoms with Crippen LogP contribution in [0.4, 0.5) is 0 Å². The minimum Gasteiger partial charge on any atom is -0.494 e. The summed E-state index contributed by atoms with van der Waals surface area (Å²) < 4.78 is 30.5. The molecule has 2 N–H and O–H groups in total. The molecule has 0 fully saturated rings. The van der Waals surface area contributed by atoms with Crippen molar-refractivity contribution < 1.29 is 13.2 Å². The molecule has 7 nitrogen and oxygen atoms in total. The fourth-order valence-electron chi connectivity index (χ4n) is 2.30. The van der Waals surface area contributed by atoms with Gasteiger partial charge < -0.3 is 15.4 Å². The van der Waals surface area contributed by atoms with Crippen molar-refractivity contribution in [2.75, 3.05) is 39.0 Å². The molecule has 0 saturated heterocycles. The van der Waals surface area contributed by atoms with E-state index < -0.39 is 10.0 Å². The molecule has 0 unspecified atom stereocenters. The van der Waals surface area contributed by atoms with Gasteiger partial charge in [0.2, 0.25) is 10.0 Å². The predicted octanol–water partition coefficient (Wildman–Crippen LogP) is 1.81. The average molecular weight is 385 g/mol. The van der Waals surface area contributed by atoms with E-state index in [1.807, 2.05) is 38.1 Å². The van der Waals surface area contributed by atoms with Crippen molar-refractivity contribution in [3.63, 3.8) is 0 Å². The molecule has 1 rings (SSSR count). The molecule has 0 bridgehead atoms. The van der Waals surface area contributed by atoms with Crippen LogP contribution in [0.3, 0.4) is 0 Å². The van der Waals surface area contributed by atoms with Crippen molar-refractivity contribution in [3.8, 4) is 5.75 Å². The fraction of sp³-hybridized carbons (Fsp3) is 0.611. The smallest absolute Gasteiger partial charge is 0.213 e. The summed E-state index contributed by atoms with van der Waals surface area (Å²) in [4.78, 5) is 4.59. The number of para-hydroxylation sites is 1. The third kappa shape index (κ3) is 7.61. The van der Waals surface area contributed by atoms with E-state index in [9.17, 15) is 8.42 Å². The quantitative estimate of drug-likeness (QED) is 0.345. The number of rotatable bonds is 11. The van der Waals surface area contributed by atoms with Gasteiger partial charge in [-0.25, -0.2) is 17.7 Å². The second-order valence-electron chi connectivity index (χ2n) is 5.74. The van der Waals surface area contributed by atoms with Gasteiger partial charge in [-0.15, -0.1) is 0 Å². The molecule has 1 aromatic carbocycles. The number of benzene rings is 1. The molecule has 148 valence electrons. The second-order valence-corrected chi connectivity index (χ2v) is 8.10. The summed E-state index contributed by atoms with van der Waals surface area (Å²) in [6, 6.07) is 7.86. The Bertz CT molecular complexity index is 662. The number of sulfonamides is 1. The van der Waals surface area contributed by atoms with Gasteiger partial charge in [0.25, 0.3) is 0 Å². The summed E-state index contributed by atoms with van der Waals surface area (Å²) in [6.07, 6.45) is 0.704. The van der Waals surface area contributed by atoms with E-state index in [0.717, 1.165) is 17.9 Å². The molecular weight excluding hydrogens is 352 g/mol. The van der Waals surface area contributed by atoms with Gasteiger partial charge in [0, 0.05) is 32.2 Å². The lowest BCUT2D eigenvalue weighted by Gasteiger charge is -2.17. The molecule has 8 heteroatoms. The molecule has 0 atom stereocenters. The van der Waals surface area contributed by atoms with Gasteiger partial charge in [0.1, 0.15) is 5.75 Å². The van der Waals surface area contributed by atoms with Gasteiger partial charge in [0.05, 0.1) is 18.9 Å². The van der Waals surface area contributed by atoms with Gasteiger partial charge >= 0.3 is 0 Å². The van der Waals surface area contributed by atoms with Crippen LogP contribution in [0.15, 0.2) is 29.3 Å². The SMILES string of the molecule is CCNC(=NCc1ccccc1OCC)NCCCN(C)S(=O)(=O)CC. The largest absolute Gasteiger partial charge is 0.494 e. The molecule has 26 heavy (non-hydrogen) atoms. The van der Waals surface area contributed by atoms with Gasteiger partial charge in [-0.2, -0.15) is 0 Å². The molecule has 0 radical (unpaired) electrons. The van der Waals surface area contributed by atoms with Crippen LogP contribution >= 0.6 is 0 Å². The van der Waals surface area contributed by atoms with Crippen LogP contribution in [-0.4, -0.2) is 57.7 Å². The van der Waals surface area contributed by atoms with Gasteiger partial charge in [-0.05, 0) is 33.3 Å². The maximum Gasteiger partial charge on any atom is 0.213 e. The van der Waals surface area contributed by atoms with Crippen LogP contribution in [0.25, 0.3) is 0 Å². The Labute approximate surface area is 157 Å². The number of guanidine groups is 1. The van der Waals surface area contributed by atoms with Crippen molar-refractivity contribution in [2.24, 2.45) is 4.99 Å². The van der Waals surface area contributed by atoms with Crippen molar-refractivity contribution in [2.45, 2.75) is 33.7 Å². The Morgan fingerprint density at radius 3 is 2.58 bits per heavy atom. The van der Waals surface area contributed by atoms with Crippen molar-refractivity contribution in [1.82, 2.24) is 14.9 Å². The third-order valence-electron chi connectivity index (χ3n) is 3.81. The lowest BCUT2D eigenvalue weighted by Crippen LogP contribution is -2.39. The van der Waals surface area contributed by atoms with E-state index in [-0.39, 0.29) is 5.75 Å². The van der Waals surface area contributed by atoms with Crippen LogP contribution in [0.5, 0.6) is 5.75 Å². The highest BCUT2D eigenvalue weighted by Gasteiger charge is 2.13. The van der Waals surface area contributed by atoms with Gasteiger partial charge in [-0.3, -0.25) is 0 Å². The number of nitrogens with one attached hydrogen (secondary N) is 2. The van der Waals surface area contributed by atoms with E-state index in [1.54, 1.807) is 14.0 Å².